The van der Waals surface area contributed by atoms with E-state index in [0.717, 1.165) is 61.4 Å². The van der Waals surface area contributed by atoms with Crippen LogP contribution in [0.3, 0.4) is 0 Å². The molecule has 1 saturated carbocycles. The number of piperidine rings is 1. The van der Waals surface area contributed by atoms with Crippen LogP contribution in [0.25, 0.3) is 0 Å². The fraction of sp³-hybridized carbons (Fsp3) is 0.481. The van der Waals surface area contributed by atoms with Crippen LogP contribution in [0, 0.1) is 0 Å². The van der Waals surface area contributed by atoms with Crippen molar-refractivity contribution in [3.63, 3.8) is 0 Å². The minimum atomic E-state index is 0.169. The maximum atomic E-state index is 12.9. The van der Waals surface area contributed by atoms with E-state index in [1.807, 2.05) is 29.3 Å². The lowest BCUT2D eigenvalue weighted by Crippen LogP contribution is -2.35. The standard InChI is InChI=1S/C27H32N2O3/c1-31-24-15-20-17-28-23-8-6-7-21(26(23)22(20)16-25(24)32-2)18-9-11-19(12-10-18)27(30)29-13-4-3-5-14-29/h9-12,15-17,21,23,26H,3-8,13-14H2,1-2H3/t21-,23+,26?/m1/s1. The van der Waals surface area contributed by atoms with E-state index in [9.17, 15) is 4.79 Å². The second-order valence-corrected chi connectivity index (χ2v) is 9.22. The molecule has 3 atom stereocenters. The van der Waals surface area contributed by atoms with Crippen LogP contribution in [0.15, 0.2) is 41.4 Å². The van der Waals surface area contributed by atoms with Crippen LogP contribution in [0.4, 0.5) is 0 Å². The fourth-order valence-corrected chi connectivity index (χ4v) is 5.78. The van der Waals surface area contributed by atoms with Crippen LogP contribution in [0.1, 0.15) is 77.4 Å². The molecular formula is C27H32N2O3. The van der Waals surface area contributed by atoms with Gasteiger partial charge in [-0.25, -0.2) is 0 Å². The molecule has 32 heavy (non-hydrogen) atoms. The molecule has 2 heterocycles. The average molecular weight is 433 g/mol. The van der Waals surface area contributed by atoms with Crippen molar-refractivity contribution in [2.75, 3.05) is 27.3 Å². The second kappa shape index (κ2) is 8.97. The van der Waals surface area contributed by atoms with E-state index in [1.54, 1.807) is 14.2 Å². The number of fused-ring (bicyclic) bond motifs is 3. The maximum Gasteiger partial charge on any atom is 0.253 e. The SMILES string of the molecule is COc1cc2c(cc1OC)C1[C@H](CCC[C@@H]1c1ccc(C(=O)N3CCCCC3)cc1)N=C2. The lowest BCUT2D eigenvalue weighted by atomic mass is 9.68. The summed E-state index contributed by atoms with van der Waals surface area (Å²) in [4.78, 5) is 19.8. The smallest absolute Gasteiger partial charge is 0.253 e. The molecule has 0 bridgehead atoms. The molecule has 168 valence electrons. The topological polar surface area (TPSA) is 51.1 Å². The molecule has 0 N–H and O–H groups in total. The number of hydrogen-bond acceptors (Lipinski definition) is 4. The van der Waals surface area contributed by atoms with Gasteiger partial charge in [-0.1, -0.05) is 18.6 Å². The summed E-state index contributed by atoms with van der Waals surface area (Å²) in [6.07, 6.45) is 8.86. The quantitative estimate of drug-likeness (QED) is 0.669. The molecule has 2 aromatic carbocycles. The Hall–Kier alpha value is -2.82. The number of aliphatic imine (C=N–C) groups is 1. The molecule has 2 fully saturated rings. The van der Waals surface area contributed by atoms with E-state index in [4.69, 9.17) is 14.5 Å². The van der Waals surface area contributed by atoms with Crippen LogP contribution in [0.5, 0.6) is 11.5 Å². The van der Waals surface area contributed by atoms with Gasteiger partial charge in [0.05, 0.1) is 20.3 Å². The van der Waals surface area contributed by atoms with E-state index in [1.165, 1.54) is 24.0 Å². The van der Waals surface area contributed by atoms with Gasteiger partial charge in [-0.3, -0.25) is 9.79 Å². The van der Waals surface area contributed by atoms with Crippen LogP contribution in [-0.4, -0.2) is 50.4 Å². The zero-order valence-corrected chi connectivity index (χ0v) is 19.0. The highest BCUT2D eigenvalue weighted by molar-refractivity contribution is 5.94. The van der Waals surface area contributed by atoms with Crippen molar-refractivity contribution in [1.29, 1.82) is 0 Å². The van der Waals surface area contributed by atoms with Gasteiger partial charge in [0.25, 0.3) is 5.91 Å². The van der Waals surface area contributed by atoms with Gasteiger partial charge < -0.3 is 14.4 Å². The van der Waals surface area contributed by atoms with Crippen LogP contribution in [-0.2, 0) is 0 Å². The Bertz CT molecular complexity index is 1010. The average Bonchev–Trinajstić information content (AvgIpc) is 2.87. The summed E-state index contributed by atoms with van der Waals surface area (Å²) >= 11 is 0. The number of rotatable bonds is 4. The molecule has 5 rings (SSSR count). The van der Waals surface area contributed by atoms with E-state index < -0.39 is 0 Å². The summed E-state index contributed by atoms with van der Waals surface area (Å²) in [5.41, 5.74) is 4.51. The highest BCUT2D eigenvalue weighted by Crippen LogP contribution is 2.49. The van der Waals surface area contributed by atoms with Crippen molar-refractivity contribution in [2.24, 2.45) is 4.99 Å². The summed E-state index contributed by atoms with van der Waals surface area (Å²) in [6, 6.07) is 12.9. The molecule has 1 unspecified atom stereocenters. The van der Waals surface area contributed by atoms with Crippen LogP contribution in [0.2, 0.25) is 0 Å². The molecule has 5 nitrogen and oxygen atoms in total. The van der Waals surface area contributed by atoms with Gasteiger partial charge in [0.2, 0.25) is 0 Å². The van der Waals surface area contributed by atoms with Gasteiger partial charge in [0.15, 0.2) is 11.5 Å². The number of nitrogens with zero attached hydrogens (tertiary/aromatic N) is 2. The van der Waals surface area contributed by atoms with Gasteiger partial charge in [0.1, 0.15) is 0 Å². The number of carbonyl (C=O) groups excluding carboxylic acids is 1. The fourth-order valence-electron chi connectivity index (χ4n) is 5.78. The molecule has 0 radical (unpaired) electrons. The number of carbonyl (C=O) groups is 1. The van der Waals surface area contributed by atoms with Crippen molar-refractivity contribution in [2.45, 2.75) is 56.4 Å². The Morgan fingerprint density at radius 1 is 0.938 bits per heavy atom. The van der Waals surface area contributed by atoms with Crippen LogP contribution >= 0.6 is 0 Å². The molecule has 5 heteroatoms. The van der Waals surface area contributed by atoms with E-state index in [-0.39, 0.29) is 11.9 Å². The van der Waals surface area contributed by atoms with Crippen molar-refractivity contribution in [1.82, 2.24) is 4.90 Å². The minimum absolute atomic E-state index is 0.169. The van der Waals surface area contributed by atoms with Crippen molar-refractivity contribution in [3.05, 3.63) is 58.7 Å². The number of methoxy groups -OCH3 is 2. The van der Waals surface area contributed by atoms with E-state index in [0.29, 0.717) is 11.8 Å². The Morgan fingerprint density at radius 3 is 2.38 bits per heavy atom. The molecule has 2 aliphatic heterocycles. The van der Waals surface area contributed by atoms with Gasteiger partial charge in [-0.05, 0) is 79.0 Å². The summed E-state index contributed by atoms with van der Waals surface area (Å²) < 4.78 is 11.1. The summed E-state index contributed by atoms with van der Waals surface area (Å²) in [5, 5.41) is 0. The third-order valence-corrected chi connectivity index (χ3v) is 7.45. The van der Waals surface area contributed by atoms with E-state index >= 15 is 0 Å². The van der Waals surface area contributed by atoms with E-state index in [2.05, 4.69) is 18.2 Å². The summed E-state index contributed by atoms with van der Waals surface area (Å²) in [6.45, 7) is 1.76. The van der Waals surface area contributed by atoms with Crippen LogP contribution < -0.4 is 9.47 Å². The minimum Gasteiger partial charge on any atom is -0.493 e. The number of hydrogen-bond donors (Lipinski definition) is 0. The number of ether oxygens (including phenoxy) is 2. The number of benzene rings is 2. The predicted molar refractivity (Wildman–Crippen MR) is 126 cm³/mol. The third kappa shape index (κ3) is 3.78. The first kappa shape index (κ1) is 21.0. The van der Waals surface area contributed by atoms with Gasteiger partial charge in [0, 0.05) is 30.8 Å². The van der Waals surface area contributed by atoms with Gasteiger partial charge in [-0.2, -0.15) is 0 Å². The monoisotopic (exact) mass is 432 g/mol. The molecule has 2 aromatic rings. The first-order chi connectivity index (χ1) is 15.7. The molecule has 1 aliphatic carbocycles. The largest absolute Gasteiger partial charge is 0.493 e. The van der Waals surface area contributed by atoms with Crippen molar-refractivity contribution < 1.29 is 14.3 Å². The molecule has 3 aliphatic rings. The van der Waals surface area contributed by atoms with Crippen molar-refractivity contribution in [3.8, 4) is 11.5 Å². The lowest BCUT2D eigenvalue weighted by molar-refractivity contribution is 0.0724. The zero-order chi connectivity index (χ0) is 22.1. The van der Waals surface area contributed by atoms with Crippen molar-refractivity contribution >= 4 is 12.1 Å². The maximum absolute atomic E-state index is 12.9. The predicted octanol–water partition coefficient (Wildman–Crippen LogP) is 5.18. The Labute approximate surface area is 190 Å². The lowest BCUT2D eigenvalue weighted by Gasteiger charge is -2.40. The first-order valence-corrected chi connectivity index (χ1v) is 11.9. The Kier molecular flexibility index (Phi) is 5.90. The molecule has 0 spiro atoms. The third-order valence-electron chi connectivity index (χ3n) is 7.45. The molecule has 1 amide bonds. The molecule has 0 aromatic heterocycles. The number of amides is 1. The first-order valence-electron chi connectivity index (χ1n) is 11.9. The molecule has 1 saturated heterocycles. The normalized spacial score (nSPS) is 24.4. The highest BCUT2D eigenvalue weighted by Gasteiger charge is 2.38. The summed E-state index contributed by atoms with van der Waals surface area (Å²) in [7, 11) is 3.36. The second-order valence-electron chi connectivity index (χ2n) is 9.22. The summed E-state index contributed by atoms with van der Waals surface area (Å²) in [5.74, 6) is 2.37. The van der Waals surface area contributed by atoms with Gasteiger partial charge in [-0.15, -0.1) is 0 Å². The number of likely N-dealkylation sites (tertiary alicyclic amines) is 1. The zero-order valence-electron chi connectivity index (χ0n) is 19.0. The highest BCUT2D eigenvalue weighted by atomic mass is 16.5. The van der Waals surface area contributed by atoms with Gasteiger partial charge >= 0.3 is 0 Å². The molecular weight excluding hydrogens is 400 g/mol. The Balaban J connectivity index is 1.44. The Morgan fingerprint density at radius 2 is 1.66 bits per heavy atom.